The van der Waals surface area contributed by atoms with E-state index in [9.17, 15) is 23.4 Å². The van der Waals surface area contributed by atoms with Crippen LogP contribution in [0.25, 0.3) is 10.2 Å². The van der Waals surface area contributed by atoms with Gasteiger partial charge in [-0.25, -0.2) is 4.98 Å². The van der Waals surface area contributed by atoms with E-state index in [-0.39, 0.29) is 17.0 Å². The molecule has 26 heavy (non-hydrogen) atoms. The number of hydrogen-bond acceptors (Lipinski definition) is 6. The van der Waals surface area contributed by atoms with Gasteiger partial charge in [0.1, 0.15) is 10.8 Å². The van der Waals surface area contributed by atoms with Crippen LogP contribution in [0.15, 0.2) is 36.4 Å². The quantitative estimate of drug-likeness (QED) is 0.602. The molecule has 0 bridgehead atoms. The number of alkyl halides is 3. The van der Waals surface area contributed by atoms with Crippen LogP contribution in [-0.4, -0.2) is 28.5 Å². The Bertz CT molecular complexity index is 925. The second kappa shape index (κ2) is 6.42. The molecule has 2 aromatic carbocycles. The average molecular weight is 384 g/mol. The van der Waals surface area contributed by atoms with Gasteiger partial charge in [-0.1, -0.05) is 12.1 Å². The monoisotopic (exact) mass is 384 g/mol. The lowest BCUT2D eigenvalue weighted by Crippen LogP contribution is -2.44. The van der Waals surface area contributed by atoms with Gasteiger partial charge in [-0.2, -0.15) is 13.2 Å². The summed E-state index contributed by atoms with van der Waals surface area (Å²) >= 11 is 0.728. The first-order valence-corrected chi connectivity index (χ1v) is 8.27. The Balaban J connectivity index is 2.33. The maximum absolute atomic E-state index is 14.0. The summed E-state index contributed by atoms with van der Waals surface area (Å²) in [4.78, 5) is 3.98. The molecule has 0 aliphatic heterocycles. The fourth-order valence-electron chi connectivity index (χ4n) is 2.70. The number of nitrogens with zero attached hydrogens (tertiary/aromatic N) is 1. The largest absolute Gasteiger partial charge is 0.495 e. The number of nitrogens with two attached hydrogens (primary N) is 1. The van der Waals surface area contributed by atoms with Crippen molar-refractivity contribution >= 4 is 27.2 Å². The van der Waals surface area contributed by atoms with Crippen LogP contribution >= 0.6 is 11.3 Å². The molecule has 9 heteroatoms. The maximum Gasteiger partial charge on any atom is 0.428 e. The Hall–Kier alpha value is -2.36. The molecule has 0 spiro atoms. The third-order valence-corrected chi connectivity index (χ3v) is 5.17. The van der Waals surface area contributed by atoms with Crippen LogP contribution in [-0.2, 0) is 12.2 Å². The maximum atomic E-state index is 14.0. The summed E-state index contributed by atoms with van der Waals surface area (Å²) in [7, 11) is 1.25. The fraction of sp³-hybridized carbons (Fsp3) is 0.235. The second-order valence-electron chi connectivity index (χ2n) is 5.60. The average Bonchev–Trinajstić information content (AvgIpc) is 3.04. The Morgan fingerprint density at radius 3 is 2.50 bits per heavy atom. The first-order chi connectivity index (χ1) is 12.2. The zero-order valence-corrected chi connectivity index (χ0v) is 14.4. The van der Waals surface area contributed by atoms with Crippen molar-refractivity contribution in [3.8, 4) is 5.75 Å². The SMILES string of the molecule is COc1cc(C(O)(c2nc3ccccc3s2)C(F)(F)F)c(CO)cc1N. The molecular formula is C17H15F3N2O3S. The minimum Gasteiger partial charge on any atom is -0.495 e. The van der Waals surface area contributed by atoms with Gasteiger partial charge in [0.2, 0.25) is 5.60 Å². The molecule has 0 amide bonds. The van der Waals surface area contributed by atoms with Gasteiger partial charge in [0.15, 0.2) is 0 Å². The summed E-state index contributed by atoms with van der Waals surface area (Å²) in [5.41, 5.74) is 1.95. The van der Waals surface area contributed by atoms with Gasteiger partial charge in [-0.05, 0) is 29.8 Å². The van der Waals surface area contributed by atoms with Gasteiger partial charge >= 0.3 is 6.18 Å². The van der Waals surface area contributed by atoms with E-state index in [4.69, 9.17) is 10.5 Å². The lowest BCUT2D eigenvalue weighted by atomic mass is 9.89. The third kappa shape index (κ3) is 2.77. The van der Waals surface area contributed by atoms with Crippen LogP contribution in [0.4, 0.5) is 18.9 Å². The number of fused-ring (bicyclic) bond motifs is 1. The van der Waals surface area contributed by atoms with Gasteiger partial charge in [0.25, 0.3) is 0 Å². The number of anilines is 1. The molecule has 3 rings (SSSR count). The number of aliphatic hydroxyl groups excluding tert-OH is 1. The predicted octanol–water partition coefficient (Wildman–Crippen LogP) is 3.18. The molecule has 5 nitrogen and oxygen atoms in total. The highest BCUT2D eigenvalue weighted by Gasteiger charge is 2.59. The van der Waals surface area contributed by atoms with Crippen LogP contribution in [0.1, 0.15) is 16.1 Å². The molecule has 0 saturated heterocycles. The molecular weight excluding hydrogens is 369 g/mol. The van der Waals surface area contributed by atoms with E-state index in [1.807, 2.05) is 0 Å². The second-order valence-corrected chi connectivity index (χ2v) is 6.63. The van der Waals surface area contributed by atoms with Crippen LogP contribution in [0, 0.1) is 0 Å². The topological polar surface area (TPSA) is 88.6 Å². The van der Waals surface area contributed by atoms with Gasteiger partial charge in [-0.3, -0.25) is 0 Å². The van der Waals surface area contributed by atoms with Crippen molar-refractivity contribution in [2.45, 2.75) is 18.4 Å². The Kier molecular flexibility index (Phi) is 4.55. The fourth-order valence-corrected chi connectivity index (χ4v) is 3.79. The van der Waals surface area contributed by atoms with E-state index in [2.05, 4.69) is 4.98 Å². The molecule has 138 valence electrons. The van der Waals surface area contributed by atoms with Gasteiger partial charge in [0, 0.05) is 5.56 Å². The number of ether oxygens (including phenoxy) is 1. The number of nitrogen functional groups attached to an aromatic ring is 1. The highest BCUT2D eigenvalue weighted by atomic mass is 32.1. The summed E-state index contributed by atoms with van der Waals surface area (Å²) in [5.74, 6) is -0.0408. The summed E-state index contributed by atoms with van der Waals surface area (Å²) in [6, 6.07) is 8.62. The Morgan fingerprint density at radius 1 is 1.23 bits per heavy atom. The number of rotatable bonds is 4. The van der Waals surface area contributed by atoms with E-state index < -0.39 is 29.0 Å². The van der Waals surface area contributed by atoms with Crippen molar-refractivity contribution in [2.24, 2.45) is 0 Å². The molecule has 4 N–H and O–H groups in total. The number of methoxy groups -OCH3 is 1. The lowest BCUT2D eigenvalue weighted by molar-refractivity contribution is -0.248. The molecule has 1 atom stereocenters. The van der Waals surface area contributed by atoms with Crippen molar-refractivity contribution in [3.05, 3.63) is 52.5 Å². The number of hydrogen-bond donors (Lipinski definition) is 3. The van der Waals surface area contributed by atoms with Crippen LogP contribution in [0.5, 0.6) is 5.75 Å². The molecule has 0 aliphatic carbocycles. The molecule has 0 fully saturated rings. The predicted molar refractivity (Wildman–Crippen MR) is 92.0 cm³/mol. The molecule has 1 unspecified atom stereocenters. The smallest absolute Gasteiger partial charge is 0.428 e. The normalized spacial score (nSPS) is 14.4. The van der Waals surface area contributed by atoms with E-state index in [0.29, 0.717) is 10.2 Å². The third-order valence-electron chi connectivity index (χ3n) is 4.03. The summed E-state index contributed by atoms with van der Waals surface area (Å²) < 4.78 is 47.5. The zero-order valence-electron chi connectivity index (χ0n) is 13.5. The number of benzene rings is 2. The Morgan fingerprint density at radius 2 is 1.92 bits per heavy atom. The van der Waals surface area contributed by atoms with Crippen LogP contribution < -0.4 is 10.5 Å². The highest BCUT2D eigenvalue weighted by molar-refractivity contribution is 7.18. The van der Waals surface area contributed by atoms with Crippen molar-refractivity contribution < 1.29 is 28.1 Å². The molecule has 3 aromatic rings. The molecule has 0 saturated carbocycles. The molecule has 0 radical (unpaired) electrons. The van der Waals surface area contributed by atoms with Crippen molar-refractivity contribution in [2.75, 3.05) is 12.8 Å². The van der Waals surface area contributed by atoms with Gasteiger partial charge in [-0.15, -0.1) is 11.3 Å². The molecule has 1 aromatic heterocycles. The Labute approximate surface area is 150 Å². The van der Waals surface area contributed by atoms with Gasteiger partial charge in [0.05, 0.1) is 29.6 Å². The molecule has 1 heterocycles. The minimum atomic E-state index is -5.09. The minimum absolute atomic E-state index is 0.0408. The number of halogens is 3. The van der Waals surface area contributed by atoms with E-state index >= 15 is 0 Å². The van der Waals surface area contributed by atoms with E-state index in [1.165, 1.54) is 7.11 Å². The van der Waals surface area contributed by atoms with E-state index in [0.717, 1.165) is 23.5 Å². The first-order valence-electron chi connectivity index (χ1n) is 7.45. The summed E-state index contributed by atoms with van der Waals surface area (Å²) in [6.45, 7) is -0.743. The number of thiazole rings is 1. The number of para-hydroxylation sites is 1. The summed E-state index contributed by atoms with van der Waals surface area (Å²) in [5, 5.41) is 19.8. The van der Waals surface area contributed by atoms with E-state index in [1.54, 1.807) is 24.3 Å². The highest BCUT2D eigenvalue weighted by Crippen LogP contribution is 2.48. The first kappa shape index (κ1) is 18.4. The van der Waals surface area contributed by atoms with Crippen molar-refractivity contribution in [3.63, 3.8) is 0 Å². The molecule has 0 aliphatic rings. The number of aromatic nitrogens is 1. The number of aliphatic hydroxyl groups is 2. The van der Waals surface area contributed by atoms with Crippen LogP contribution in [0.3, 0.4) is 0 Å². The summed E-state index contributed by atoms with van der Waals surface area (Å²) in [6.07, 6.45) is -5.09. The van der Waals surface area contributed by atoms with Crippen molar-refractivity contribution in [1.29, 1.82) is 0 Å². The van der Waals surface area contributed by atoms with Crippen LogP contribution in [0.2, 0.25) is 0 Å². The van der Waals surface area contributed by atoms with Gasteiger partial charge < -0.3 is 20.7 Å². The standard InChI is InChI=1S/C17H15F3N2O3S/c1-25-13-7-10(9(8-23)6-11(13)21)16(24,17(18,19)20)15-22-12-4-2-3-5-14(12)26-15/h2-7,23-24H,8,21H2,1H3. The van der Waals surface area contributed by atoms with Crippen molar-refractivity contribution in [1.82, 2.24) is 4.98 Å². The lowest BCUT2D eigenvalue weighted by Gasteiger charge is -2.31. The zero-order chi connectivity index (χ0) is 19.1.